The summed E-state index contributed by atoms with van der Waals surface area (Å²) in [6, 6.07) is 16.6. The van der Waals surface area contributed by atoms with Crippen molar-refractivity contribution in [2.75, 3.05) is 10.5 Å². The molecule has 7 heteroatoms. The molecule has 3 aromatic rings. The minimum atomic E-state index is -3.43. The summed E-state index contributed by atoms with van der Waals surface area (Å²) in [5, 5.41) is 4.03. The Hall–Kier alpha value is -2.67. The number of hydrogen-bond donors (Lipinski definition) is 1. The number of benzene rings is 2. The third kappa shape index (κ3) is 3.99. The lowest BCUT2D eigenvalue weighted by atomic mass is 10.0. The third-order valence-corrected chi connectivity index (χ3v) is 5.15. The van der Waals surface area contributed by atoms with Gasteiger partial charge in [-0.15, -0.1) is 0 Å². The van der Waals surface area contributed by atoms with Crippen molar-refractivity contribution in [3.05, 3.63) is 72.8 Å². The van der Waals surface area contributed by atoms with Gasteiger partial charge in [0.2, 0.25) is 10.0 Å². The lowest BCUT2D eigenvalue weighted by molar-refractivity contribution is 0.595. The van der Waals surface area contributed by atoms with Crippen LogP contribution in [0.4, 0.5) is 5.69 Å². The molecule has 0 unspecified atom stereocenters. The van der Waals surface area contributed by atoms with Crippen LogP contribution in [0.25, 0.3) is 5.69 Å². The second-order valence-corrected chi connectivity index (χ2v) is 7.35. The Kier molecular flexibility index (Phi) is 4.61. The second kappa shape index (κ2) is 6.84. The summed E-state index contributed by atoms with van der Waals surface area (Å²) in [4.78, 5) is 3.88. The van der Waals surface area contributed by atoms with Gasteiger partial charge in [-0.25, -0.2) is 18.1 Å². The average molecular weight is 342 g/mol. The molecule has 0 amide bonds. The van der Waals surface area contributed by atoms with Gasteiger partial charge in [-0.3, -0.25) is 4.72 Å². The lowest BCUT2D eigenvalue weighted by Gasteiger charge is -2.14. The standard InChI is InChI=1S/C17H18N4O2S/c1-14(15-5-3-2-4-6-15)11-24(22,23)20-16-7-9-17(10-8-16)21-13-18-12-19-21/h2-10,12-14,20H,11H2,1H3/t14-/m1/s1. The molecule has 1 heterocycles. The van der Waals surface area contributed by atoms with Gasteiger partial charge >= 0.3 is 0 Å². The number of sulfonamides is 1. The molecule has 0 saturated heterocycles. The van der Waals surface area contributed by atoms with Gasteiger partial charge in [0.15, 0.2) is 0 Å². The summed E-state index contributed by atoms with van der Waals surface area (Å²) in [6.45, 7) is 1.91. The molecule has 0 aliphatic rings. The minimum absolute atomic E-state index is 0.0296. The number of nitrogens with zero attached hydrogens (tertiary/aromatic N) is 3. The van der Waals surface area contributed by atoms with Crippen LogP contribution in [0.1, 0.15) is 18.4 Å². The Balaban J connectivity index is 1.68. The van der Waals surface area contributed by atoms with E-state index in [0.29, 0.717) is 5.69 Å². The Morgan fingerprint density at radius 2 is 1.79 bits per heavy atom. The van der Waals surface area contributed by atoms with Gasteiger partial charge in [0, 0.05) is 5.69 Å². The van der Waals surface area contributed by atoms with Gasteiger partial charge < -0.3 is 0 Å². The maximum absolute atomic E-state index is 12.4. The van der Waals surface area contributed by atoms with E-state index in [4.69, 9.17) is 0 Å². The fraction of sp³-hybridized carbons (Fsp3) is 0.176. The van der Waals surface area contributed by atoms with E-state index in [2.05, 4.69) is 14.8 Å². The minimum Gasteiger partial charge on any atom is -0.284 e. The van der Waals surface area contributed by atoms with E-state index in [1.807, 2.05) is 37.3 Å². The monoisotopic (exact) mass is 342 g/mol. The highest BCUT2D eigenvalue weighted by Crippen LogP contribution is 2.19. The average Bonchev–Trinajstić information content (AvgIpc) is 3.10. The van der Waals surface area contributed by atoms with Gasteiger partial charge in [0.1, 0.15) is 12.7 Å². The molecule has 2 aromatic carbocycles. The fourth-order valence-electron chi connectivity index (χ4n) is 2.45. The molecule has 0 aliphatic carbocycles. The van der Waals surface area contributed by atoms with E-state index in [9.17, 15) is 8.42 Å². The van der Waals surface area contributed by atoms with Gasteiger partial charge in [0.25, 0.3) is 0 Å². The van der Waals surface area contributed by atoms with Crippen LogP contribution in [-0.2, 0) is 10.0 Å². The van der Waals surface area contributed by atoms with Crippen LogP contribution >= 0.6 is 0 Å². The van der Waals surface area contributed by atoms with Crippen molar-refractivity contribution in [3.63, 3.8) is 0 Å². The molecule has 1 N–H and O–H groups in total. The van der Waals surface area contributed by atoms with E-state index in [1.165, 1.54) is 6.33 Å². The number of hydrogen-bond acceptors (Lipinski definition) is 4. The molecule has 124 valence electrons. The van der Waals surface area contributed by atoms with E-state index in [1.54, 1.807) is 35.3 Å². The van der Waals surface area contributed by atoms with E-state index < -0.39 is 10.0 Å². The topological polar surface area (TPSA) is 76.9 Å². The Labute approximate surface area is 141 Å². The zero-order valence-electron chi connectivity index (χ0n) is 13.2. The Morgan fingerprint density at radius 3 is 2.42 bits per heavy atom. The van der Waals surface area contributed by atoms with Crippen molar-refractivity contribution in [1.29, 1.82) is 0 Å². The maximum atomic E-state index is 12.4. The normalized spacial score (nSPS) is 12.7. The van der Waals surface area contributed by atoms with Crippen LogP contribution in [0.3, 0.4) is 0 Å². The van der Waals surface area contributed by atoms with Crippen molar-refractivity contribution in [2.24, 2.45) is 0 Å². The number of anilines is 1. The third-order valence-electron chi connectivity index (χ3n) is 3.66. The van der Waals surface area contributed by atoms with E-state index in [0.717, 1.165) is 11.3 Å². The van der Waals surface area contributed by atoms with Crippen molar-refractivity contribution < 1.29 is 8.42 Å². The van der Waals surface area contributed by atoms with Crippen LogP contribution < -0.4 is 4.72 Å². The van der Waals surface area contributed by atoms with Crippen LogP contribution in [0.2, 0.25) is 0 Å². The largest absolute Gasteiger partial charge is 0.284 e. The van der Waals surface area contributed by atoms with Crippen LogP contribution in [-0.4, -0.2) is 28.9 Å². The first-order valence-corrected chi connectivity index (χ1v) is 9.19. The van der Waals surface area contributed by atoms with Gasteiger partial charge in [0.05, 0.1) is 11.4 Å². The van der Waals surface area contributed by atoms with Gasteiger partial charge in [-0.05, 0) is 35.7 Å². The molecular weight excluding hydrogens is 324 g/mol. The van der Waals surface area contributed by atoms with E-state index in [-0.39, 0.29) is 11.7 Å². The highest BCUT2D eigenvalue weighted by molar-refractivity contribution is 7.92. The quantitative estimate of drug-likeness (QED) is 0.747. The van der Waals surface area contributed by atoms with Crippen LogP contribution in [0, 0.1) is 0 Å². The van der Waals surface area contributed by atoms with Crippen molar-refractivity contribution >= 4 is 15.7 Å². The molecule has 0 radical (unpaired) electrons. The van der Waals surface area contributed by atoms with E-state index >= 15 is 0 Å². The lowest BCUT2D eigenvalue weighted by Crippen LogP contribution is -2.20. The van der Waals surface area contributed by atoms with Crippen molar-refractivity contribution in [1.82, 2.24) is 14.8 Å². The first-order chi connectivity index (χ1) is 11.5. The summed E-state index contributed by atoms with van der Waals surface area (Å²) in [5.74, 6) is -0.0555. The van der Waals surface area contributed by atoms with Gasteiger partial charge in [-0.2, -0.15) is 5.10 Å². The zero-order valence-corrected chi connectivity index (χ0v) is 14.0. The Morgan fingerprint density at radius 1 is 1.08 bits per heavy atom. The SMILES string of the molecule is C[C@H](CS(=O)(=O)Nc1ccc(-n2cncn2)cc1)c1ccccc1. The molecule has 3 rings (SSSR count). The predicted molar refractivity (Wildman–Crippen MR) is 93.6 cm³/mol. The van der Waals surface area contributed by atoms with Crippen molar-refractivity contribution in [3.8, 4) is 5.69 Å². The van der Waals surface area contributed by atoms with Crippen molar-refractivity contribution in [2.45, 2.75) is 12.8 Å². The molecule has 0 fully saturated rings. The first kappa shape index (κ1) is 16.2. The number of aromatic nitrogens is 3. The molecule has 0 aliphatic heterocycles. The summed E-state index contributed by atoms with van der Waals surface area (Å²) in [6.07, 6.45) is 3.03. The molecule has 6 nitrogen and oxygen atoms in total. The zero-order chi connectivity index (χ0) is 17.0. The fourth-order valence-corrected chi connectivity index (χ4v) is 3.88. The van der Waals surface area contributed by atoms with Gasteiger partial charge in [-0.1, -0.05) is 37.3 Å². The van der Waals surface area contributed by atoms with Crippen LogP contribution in [0.15, 0.2) is 67.3 Å². The predicted octanol–water partition coefficient (Wildman–Crippen LogP) is 2.81. The summed E-state index contributed by atoms with van der Waals surface area (Å²) < 4.78 is 28.9. The smallest absolute Gasteiger partial charge is 0.233 e. The summed E-state index contributed by atoms with van der Waals surface area (Å²) in [7, 11) is -3.43. The van der Waals surface area contributed by atoms with Crippen LogP contribution in [0.5, 0.6) is 0 Å². The summed E-state index contributed by atoms with van der Waals surface area (Å²) >= 11 is 0. The number of nitrogens with one attached hydrogen (secondary N) is 1. The summed E-state index contributed by atoms with van der Waals surface area (Å²) in [5.41, 5.74) is 2.34. The molecular formula is C17H18N4O2S. The maximum Gasteiger partial charge on any atom is 0.233 e. The second-order valence-electron chi connectivity index (χ2n) is 5.58. The molecule has 1 atom stereocenters. The molecule has 0 saturated carbocycles. The number of rotatable bonds is 6. The molecule has 0 bridgehead atoms. The molecule has 24 heavy (non-hydrogen) atoms. The highest BCUT2D eigenvalue weighted by Gasteiger charge is 2.17. The highest BCUT2D eigenvalue weighted by atomic mass is 32.2. The molecule has 1 aromatic heterocycles. The molecule has 0 spiro atoms. The Bertz CT molecular complexity index is 876. The first-order valence-electron chi connectivity index (χ1n) is 7.54.